The number of benzene rings is 1. The Morgan fingerprint density at radius 3 is 2.83 bits per heavy atom. The van der Waals surface area contributed by atoms with Crippen molar-refractivity contribution in [2.24, 2.45) is 0 Å². The minimum Gasteiger partial charge on any atom is -0.480 e. The van der Waals surface area contributed by atoms with Crippen LogP contribution in [0.15, 0.2) is 18.2 Å². The minimum atomic E-state index is -0.952. The number of carboxylic acid groups (broad SMARTS) is 1. The second-order valence-electron chi connectivity index (χ2n) is 4.59. The summed E-state index contributed by atoms with van der Waals surface area (Å²) in [7, 11) is 0. The highest BCUT2D eigenvalue weighted by molar-refractivity contribution is 6.01. The SMILES string of the molecule is Cc1ccc(N)c(C(=O)N2CCC[C@@H]2C(=O)O)c1. The van der Waals surface area contributed by atoms with Crippen molar-refractivity contribution in [3.05, 3.63) is 29.3 Å². The fraction of sp³-hybridized carbons (Fsp3) is 0.385. The van der Waals surface area contributed by atoms with E-state index < -0.39 is 12.0 Å². The molecule has 0 bridgehead atoms. The molecule has 1 fully saturated rings. The summed E-state index contributed by atoms with van der Waals surface area (Å²) in [5.41, 5.74) is 7.50. The number of nitrogens with two attached hydrogens (primary N) is 1. The van der Waals surface area contributed by atoms with Gasteiger partial charge in [0.15, 0.2) is 0 Å². The molecular weight excluding hydrogens is 232 g/mol. The van der Waals surface area contributed by atoms with Gasteiger partial charge in [0.05, 0.1) is 5.56 Å². The topological polar surface area (TPSA) is 83.6 Å². The first kappa shape index (κ1) is 12.4. The number of amides is 1. The van der Waals surface area contributed by atoms with Crippen molar-refractivity contribution in [1.29, 1.82) is 0 Å². The summed E-state index contributed by atoms with van der Waals surface area (Å²) >= 11 is 0. The number of carbonyl (C=O) groups excluding carboxylic acids is 1. The highest BCUT2D eigenvalue weighted by Crippen LogP contribution is 2.23. The third-order valence-electron chi connectivity index (χ3n) is 3.24. The first-order valence-electron chi connectivity index (χ1n) is 5.90. The number of aliphatic carboxylic acids is 1. The van der Waals surface area contributed by atoms with Gasteiger partial charge >= 0.3 is 5.97 Å². The van der Waals surface area contributed by atoms with Crippen molar-refractivity contribution >= 4 is 17.6 Å². The summed E-state index contributed by atoms with van der Waals surface area (Å²) in [6.07, 6.45) is 1.22. The maximum Gasteiger partial charge on any atom is 0.326 e. The molecule has 5 nitrogen and oxygen atoms in total. The summed E-state index contributed by atoms with van der Waals surface area (Å²) in [6.45, 7) is 2.35. The lowest BCUT2D eigenvalue weighted by molar-refractivity contribution is -0.141. The van der Waals surface area contributed by atoms with Gasteiger partial charge in [0.2, 0.25) is 0 Å². The van der Waals surface area contributed by atoms with Crippen molar-refractivity contribution < 1.29 is 14.7 Å². The Balaban J connectivity index is 2.31. The monoisotopic (exact) mass is 248 g/mol. The second-order valence-corrected chi connectivity index (χ2v) is 4.59. The van der Waals surface area contributed by atoms with Gasteiger partial charge in [0.1, 0.15) is 6.04 Å². The average Bonchev–Trinajstić information content (AvgIpc) is 2.80. The number of hydrogen-bond donors (Lipinski definition) is 2. The molecule has 1 heterocycles. The molecule has 2 rings (SSSR count). The van der Waals surface area contributed by atoms with Crippen molar-refractivity contribution in [2.75, 3.05) is 12.3 Å². The molecule has 0 radical (unpaired) electrons. The van der Waals surface area contributed by atoms with Crippen LogP contribution in [0.25, 0.3) is 0 Å². The van der Waals surface area contributed by atoms with E-state index in [0.717, 1.165) is 5.56 Å². The molecule has 1 aromatic carbocycles. The third-order valence-corrected chi connectivity index (χ3v) is 3.24. The van der Waals surface area contributed by atoms with E-state index in [1.807, 2.05) is 13.0 Å². The predicted octanol–water partition coefficient (Wildman–Crippen LogP) is 1.27. The molecule has 1 saturated heterocycles. The van der Waals surface area contributed by atoms with Crippen LogP contribution in [0.3, 0.4) is 0 Å². The zero-order chi connectivity index (χ0) is 13.3. The number of nitrogen functional groups attached to an aromatic ring is 1. The molecule has 1 aromatic rings. The Hall–Kier alpha value is -2.04. The highest BCUT2D eigenvalue weighted by Gasteiger charge is 2.34. The Morgan fingerprint density at radius 2 is 2.17 bits per heavy atom. The molecule has 0 aromatic heterocycles. The van der Waals surface area contributed by atoms with Gasteiger partial charge in [0.25, 0.3) is 5.91 Å². The van der Waals surface area contributed by atoms with Crippen LogP contribution >= 0.6 is 0 Å². The lowest BCUT2D eigenvalue weighted by Crippen LogP contribution is -2.40. The van der Waals surface area contributed by atoms with Crippen LogP contribution in [0.5, 0.6) is 0 Å². The summed E-state index contributed by atoms with van der Waals surface area (Å²) < 4.78 is 0. The zero-order valence-corrected chi connectivity index (χ0v) is 10.2. The van der Waals surface area contributed by atoms with Gasteiger partial charge in [0, 0.05) is 12.2 Å². The van der Waals surface area contributed by atoms with E-state index in [0.29, 0.717) is 30.6 Å². The predicted molar refractivity (Wildman–Crippen MR) is 67.3 cm³/mol. The van der Waals surface area contributed by atoms with Crippen molar-refractivity contribution in [3.63, 3.8) is 0 Å². The molecule has 1 aliphatic heterocycles. The zero-order valence-electron chi connectivity index (χ0n) is 10.2. The van der Waals surface area contributed by atoms with Gasteiger partial charge in [-0.2, -0.15) is 0 Å². The molecule has 1 amide bonds. The number of nitrogens with zero attached hydrogens (tertiary/aromatic N) is 1. The number of hydrogen-bond acceptors (Lipinski definition) is 3. The quantitative estimate of drug-likeness (QED) is 0.772. The minimum absolute atomic E-state index is 0.291. The molecule has 0 unspecified atom stereocenters. The lowest BCUT2D eigenvalue weighted by atomic mass is 10.1. The number of aryl methyl sites for hydroxylation is 1. The van der Waals surface area contributed by atoms with Crippen LogP contribution in [0, 0.1) is 6.92 Å². The Labute approximate surface area is 105 Å². The van der Waals surface area contributed by atoms with Crippen LogP contribution in [-0.2, 0) is 4.79 Å². The number of likely N-dealkylation sites (tertiary alicyclic amines) is 1. The molecule has 0 saturated carbocycles. The maximum atomic E-state index is 12.3. The number of anilines is 1. The standard InChI is InChI=1S/C13H16N2O3/c1-8-4-5-10(14)9(7-8)12(16)15-6-2-3-11(15)13(17)18/h4-5,7,11H,2-3,6,14H2,1H3,(H,17,18)/t11-/m1/s1. The first-order valence-corrected chi connectivity index (χ1v) is 5.90. The normalized spacial score (nSPS) is 18.9. The van der Waals surface area contributed by atoms with Gasteiger partial charge < -0.3 is 15.7 Å². The van der Waals surface area contributed by atoms with Crippen LogP contribution in [0.2, 0.25) is 0 Å². The Kier molecular flexibility index (Phi) is 3.23. The van der Waals surface area contributed by atoms with Gasteiger partial charge in [-0.1, -0.05) is 11.6 Å². The van der Waals surface area contributed by atoms with Crippen LogP contribution in [-0.4, -0.2) is 34.5 Å². The van der Waals surface area contributed by atoms with Crippen LogP contribution < -0.4 is 5.73 Å². The van der Waals surface area contributed by atoms with E-state index in [2.05, 4.69) is 0 Å². The Bertz CT molecular complexity index is 499. The third kappa shape index (κ3) is 2.16. The summed E-state index contributed by atoms with van der Waals surface area (Å²) in [5.74, 6) is -1.24. The molecule has 96 valence electrons. The molecule has 18 heavy (non-hydrogen) atoms. The molecule has 0 aliphatic carbocycles. The van der Waals surface area contributed by atoms with E-state index in [1.54, 1.807) is 12.1 Å². The molecular formula is C13H16N2O3. The molecule has 1 aliphatic rings. The summed E-state index contributed by atoms with van der Waals surface area (Å²) in [4.78, 5) is 24.8. The smallest absolute Gasteiger partial charge is 0.326 e. The summed E-state index contributed by atoms with van der Waals surface area (Å²) in [6, 6.07) is 4.48. The van der Waals surface area contributed by atoms with Crippen LogP contribution in [0.4, 0.5) is 5.69 Å². The van der Waals surface area contributed by atoms with E-state index in [-0.39, 0.29) is 5.91 Å². The van der Waals surface area contributed by atoms with E-state index in [4.69, 9.17) is 10.8 Å². The second kappa shape index (κ2) is 4.68. The average molecular weight is 248 g/mol. The fourth-order valence-corrected chi connectivity index (χ4v) is 2.28. The van der Waals surface area contributed by atoms with E-state index >= 15 is 0 Å². The van der Waals surface area contributed by atoms with E-state index in [9.17, 15) is 9.59 Å². The van der Waals surface area contributed by atoms with Gasteiger partial charge in [-0.3, -0.25) is 4.79 Å². The molecule has 5 heteroatoms. The fourth-order valence-electron chi connectivity index (χ4n) is 2.28. The van der Waals surface area contributed by atoms with Crippen molar-refractivity contribution in [3.8, 4) is 0 Å². The maximum absolute atomic E-state index is 12.3. The highest BCUT2D eigenvalue weighted by atomic mass is 16.4. The number of carboxylic acids is 1. The molecule has 1 atom stereocenters. The largest absolute Gasteiger partial charge is 0.480 e. The first-order chi connectivity index (χ1) is 8.50. The number of carbonyl (C=O) groups is 2. The van der Waals surface area contributed by atoms with Crippen LogP contribution in [0.1, 0.15) is 28.8 Å². The van der Waals surface area contributed by atoms with Gasteiger partial charge in [-0.25, -0.2) is 4.79 Å². The van der Waals surface area contributed by atoms with Gasteiger partial charge in [-0.05, 0) is 31.9 Å². The molecule has 3 N–H and O–H groups in total. The Morgan fingerprint density at radius 1 is 1.44 bits per heavy atom. The van der Waals surface area contributed by atoms with Gasteiger partial charge in [-0.15, -0.1) is 0 Å². The van der Waals surface area contributed by atoms with Crippen molar-refractivity contribution in [1.82, 2.24) is 4.90 Å². The van der Waals surface area contributed by atoms with E-state index in [1.165, 1.54) is 4.90 Å². The lowest BCUT2D eigenvalue weighted by Gasteiger charge is -2.22. The summed E-state index contributed by atoms with van der Waals surface area (Å²) in [5, 5.41) is 9.08. The molecule has 0 spiro atoms. The number of rotatable bonds is 2. The van der Waals surface area contributed by atoms with Crippen molar-refractivity contribution in [2.45, 2.75) is 25.8 Å².